The summed E-state index contributed by atoms with van der Waals surface area (Å²) >= 11 is 0. The van der Waals surface area contributed by atoms with Gasteiger partial charge in [0.1, 0.15) is 0 Å². The fourth-order valence-electron chi connectivity index (χ4n) is 2.23. The number of carbonyl (C=O) groups is 1. The van der Waals surface area contributed by atoms with Crippen molar-refractivity contribution in [2.45, 2.75) is 19.0 Å². The van der Waals surface area contributed by atoms with Gasteiger partial charge in [-0.1, -0.05) is 17.3 Å². The SMILES string of the molecule is O=C(CCc1nc(-c2ccncc2)no1)NNc1ccccc1C(F)(F)F. The number of hydrogen-bond donors (Lipinski definition) is 2. The average molecular weight is 377 g/mol. The summed E-state index contributed by atoms with van der Waals surface area (Å²) in [6, 6.07) is 8.27. The van der Waals surface area contributed by atoms with E-state index in [4.69, 9.17) is 4.52 Å². The van der Waals surface area contributed by atoms with Gasteiger partial charge in [0.05, 0.1) is 11.3 Å². The highest BCUT2D eigenvalue weighted by Crippen LogP contribution is 2.34. The summed E-state index contributed by atoms with van der Waals surface area (Å²) in [4.78, 5) is 19.9. The van der Waals surface area contributed by atoms with Crippen molar-refractivity contribution in [3.63, 3.8) is 0 Å². The molecule has 0 saturated heterocycles. The fraction of sp³-hybridized carbons (Fsp3) is 0.176. The number of nitrogens with one attached hydrogen (secondary N) is 2. The van der Waals surface area contributed by atoms with Gasteiger partial charge < -0.3 is 4.52 Å². The number of amides is 1. The lowest BCUT2D eigenvalue weighted by Gasteiger charge is -2.14. The third-order valence-electron chi connectivity index (χ3n) is 3.54. The Hall–Kier alpha value is -3.43. The highest BCUT2D eigenvalue weighted by atomic mass is 19.4. The smallest absolute Gasteiger partial charge is 0.339 e. The Morgan fingerprint density at radius 1 is 1.11 bits per heavy atom. The van der Waals surface area contributed by atoms with Crippen molar-refractivity contribution < 1.29 is 22.5 Å². The standard InChI is InChI=1S/C17H14F3N5O2/c18-17(19,20)12-3-1-2-4-13(12)23-24-14(26)5-6-15-22-16(25-27-15)11-7-9-21-10-8-11/h1-4,7-10,23H,5-6H2,(H,24,26). The number of alkyl halides is 3. The molecule has 0 atom stereocenters. The van der Waals surface area contributed by atoms with E-state index in [1.165, 1.54) is 18.2 Å². The number of benzene rings is 1. The van der Waals surface area contributed by atoms with Crippen molar-refractivity contribution in [3.8, 4) is 11.4 Å². The number of hydrazine groups is 1. The number of halogens is 3. The molecule has 27 heavy (non-hydrogen) atoms. The predicted molar refractivity (Wildman–Crippen MR) is 89.1 cm³/mol. The summed E-state index contributed by atoms with van der Waals surface area (Å²) in [6.45, 7) is 0. The van der Waals surface area contributed by atoms with Gasteiger partial charge in [0.15, 0.2) is 0 Å². The van der Waals surface area contributed by atoms with E-state index in [0.717, 1.165) is 11.6 Å². The van der Waals surface area contributed by atoms with E-state index >= 15 is 0 Å². The molecule has 3 aromatic rings. The van der Waals surface area contributed by atoms with Crippen molar-refractivity contribution in [2.24, 2.45) is 0 Å². The third kappa shape index (κ3) is 4.81. The van der Waals surface area contributed by atoms with Gasteiger partial charge in [-0.3, -0.25) is 20.6 Å². The first kappa shape index (κ1) is 18.4. The minimum absolute atomic E-state index is 0.0425. The monoisotopic (exact) mass is 377 g/mol. The number of pyridine rings is 1. The zero-order valence-corrected chi connectivity index (χ0v) is 13.8. The lowest BCUT2D eigenvalue weighted by atomic mass is 10.2. The van der Waals surface area contributed by atoms with E-state index in [1.807, 2.05) is 0 Å². The maximum atomic E-state index is 12.9. The Balaban J connectivity index is 1.53. The van der Waals surface area contributed by atoms with Gasteiger partial charge in [0.2, 0.25) is 17.6 Å². The molecule has 1 aromatic carbocycles. The van der Waals surface area contributed by atoms with Crippen LogP contribution in [0.5, 0.6) is 0 Å². The Labute approximate surface area is 151 Å². The lowest BCUT2D eigenvalue weighted by Crippen LogP contribution is -2.30. The van der Waals surface area contributed by atoms with Crippen LogP contribution in [0.4, 0.5) is 18.9 Å². The molecule has 7 nitrogen and oxygen atoms in total. The molecule has 2 aromatic heterocycles. The van der Waals surface area contributed by atoms with E-state index in [0.29, 0.717) is 5.82 Å². The topological polar surface area (TPSA) is 92.9 Å². The summed E-state index contributed by atoms with van der Waals surface area (Å²) in [5.74, 6) is 0.0910. The molecule has 3 rings (SSSR count). The molecule has 0 unspecified atom stereocenters. The van der Waals surface area contributed by atoms with Crippen LogP contribution in [-0.2, 0) is 17.4 Å². The summed E-state index contributed by atoms with van der Waals surface area (Å²) < 4.78 is 43.8. The molecule has 0 saturated carbocycles. The largest absolute Gasteiger partial charge is 0.418 e. The molecule has 2 heterocycles. The minimum atomic E-state index is -4.53. The van der Waals surface area contributed by atoms with Crippen LogP contribution in [0.2, 0.25) is 0 Å². The molecule has 0 bridgehead atoms. The van der Waals surface area contributed by atoms with Gasteiger partial charge in [0, 0.05) is 30.8 Å². The van der Waals surface area contributed by atoms with Gasteiger partial charge in [0.25, 0.3) is 0 Å². The second kappa shape index (κ2) is 7.85. The highest BCUT2D eigenvalue weighted by Gasteiger charge is 2.33. The molecule has 1 amide bonds. The van der Waals surface area contributed by atoms with E-state index in [9.17, 15) is 18.0 Å². The van der Waals surface area contributed by atoms with Gasteiger partial charge in [-0.25, -0.2) is 0 Å². The Morgan fingerprint density at radius 2 is 1.85 bits per heavy atom. The number of carbonyl (C=O) groups excluding carboxylic acids is 1. The second-order valence-corrected chi connectivity index (χ2v) is 5.46. The number of anilines is 1. The Kier molecular flexibility index (Phi) is 5.34. The number of rotatable bonds is 6. The molecule has 0 radical (unpaired) electrons. The van der Waals surface area contributed by atoms with E-state index in [1.54, 1.807) is 24.5 Å². The minimum Gasteiger partial charge on any atom is -0.339 e. The molecular formula is C17H14F3N5O2. The first-order valence-corrected chi connectivity index (χ1v) is 7.87. The van der Waals surface area contributed by atoms with Crippen LogP contribution in [0.25, 0.3) is 11.4 Å². The van der Waals surface area contributed by atoms with Crippen LogP contribution < -0.4 is 10.9 Å². The van der Waals surface area contributed by atoms with Crippen molar-refractivity contribution >= 4 is 11.6 Å². The van der Waals surface area contributed by atoms with Gasteiger partial charge in [-0.05, 0) is 24.3 Å². The quantitative estimate of drug-likeness (QED) is 0.641. The molecular weight excluding hydrogens is 363 g/mol. The van der Waals surface area contributed by atoms with Crippen LogP contribution in [0.1, 0.15) is 17.9 Å². The van der Waals surface area contributed by atoms with Crippen molar-refractivity contribution in [3.05, 3.63) is 60.2 Å². The molecule has 10 heteroatoms. The molecule has 0 aliphatic rings. The van der Waals surface area contributed by atoms with E-state index < -0.39 is 17.6 Å². The Morgan fingerprint density at radius 3 is 2.59 bits per heavy atom. The number of hydrogen-bond acceptors (Lipinski definition) is 6. The maximum absolute atomic E-state index is 12.9. The highest BCUT2D eigenvalue weighted by molar-refractivity contribution is 5.77. The number of aryl methyl sites for hydroxylation is 1. The Bertz CT molecular complexity index is 912. The number of nitrogens with zero attached hydrogens (tertiary/aromatic N) is 3. The summed E-state index contributed by atoms with van der Waals surface area (Å²) in [7, 11) is 0. The summed E-state index contributed by atoms with van der Waals surface area (Å²) in [6.07, 6.45) is -1.25. The molecule has 140 valence electrons. The van der Waals surface area contributed by atoms with Crippen LogP contribution in [0.15, 0.2) is 53.3 Å². The van der Waals surface area contributed by atoms with Crippen LogP contribution in [0.3, 0.4) is 0 Å². The molecule has 0 aliphatic carbocycles. The summed E-state index contributed by atoms with van der Waals surface area (Å²) in [5.41, 5.74) is 4.13. The van der Waals surface area contributed by atoms with Crippen molar-refractivity contribution in [2.75, 3.05) is 5.43 Å². The van der Waals surface area contributed by atoms with Crippen LogP contribution in [0, 0.1) is 0 Å². The third-order valence-corrected chi connectivity index (χ3v) is 3.54. The first-order chi connectivity index (χ1) is 12.9. The molecule has 0 spiro atoms. The average Bonchev–Trinajstić information content (AvgIpc) is 3.14. The molecule has 2 N–H and O–H groups in total. The first-order valence-electron chi connectivity index (χ1n) is 7.87. The fourth-order valence-corrected chi connectivity index (χ4v) is 2.23. The van der Waals surface area contributed by atoms with Gasteiger partial charge in [-0.15, -0.1) is 0 Å². The van der Waals surface area contributed by atoms with Crippen LogP contribution in [-0.4, -0.2) is 21.0 Å². The normalized spacial score (nSPS) is 11.2. The van der Waals surface area contributed by atoms with E-state index in [2.05, 4.69) is 26.0 Å². The van der Waals surface area contributed by atoms with Gasteiger partial charge >= 0.3 is 6.18 Å². The maximum Gasteiger partial charge on any atom is 0.418 e. The van der Waals surface area contributed by atoms with Crippen molar-refractivity contribution in [1.29, 1.82) is 0 Å². The summed E-state index contributed by atoms with van der Waals surface area (Å²) in [5, 5.41) is 3.81. The lowest BCUT2D eigenvalue weighted by molar-refractivity contribution is -0.137. The zero-order valence-electron chi connectivity index (χ0n) is 13.8. The number of aromatic nitrogens is 3. The van der Waals surface area contributed by atoms with Crippen molar-refractivity contribution in [1.82, 2.24) is 20.6 Å². The van der Waals surface area contributed by atoms with E-state index in [-0.39, 0.29) is 24.4 Å². The predicted octanol–water partition coefficient (Wildman–Crippen LogP) is 3.23. The molecule has 0 aliphatic heterocycles. The second-order valence-electron chi connectivity index (χ2n) is 5.46. The van der Waals surface area contributed by atoms with Gasteiger partial charge in [-0.2, -0.15) is 18.2 Å². The van der Waals surface area contributed by atoms with Crippen LogP contribution >= 0.6 is 0 Å². The molecule has 0 fully saturated rings. The number of para-hydroxylation sites is 1. The zero-order chi connectivity index (χ0) is 19.3.